The average Bonchev–Trinajstić information content (AvgIpc) is 2.05. The van der Waals surface area contributed by atoms with Crippen LogP contribution in [0.5, 0.6) is 0 Å². The number of nitrogens with zero attached hydrogens (tertiary/aromatic N) is 1. The second-order valence-corrected chi connectivity index (χ2v) is 4.49. The van der Waals surface area contributed by atoms with Crippen LogP contribution in [-0.4, -0.2) is 24.5 Å². The standard InChI is InChI=1S/C11H14BrN/c12-11-4-2-10(3-5-11)6-9-13-7-1-8-13/h2-5H,1,6-9H2. The first-order valence-corrected chi connectivity index (χ1v) is 5.61. The maximum atomic E-state index is 3.44. The minimum absolute atomic E-state index is 1.17. The van der Waals surface area contributed by atoms with Gasteiger partial charge in [0.05, 0.1) is 0 Å². The molecule has 1 heterocycles. The van der Waals surface area contributed by atoms with E-state index >= 15 is 0 Å². The molecule has 1 nitrogen and oxygen atoms in total. The van der Waals surface area contributed by atoms with Gasteiger partial charge >= 0.3 is 0 Å². The molecule has 0 unspecified atom stereocenters. The molecule has 2 rings (SSSR count). The highest BCUT2D eigenvalue weighted by Crippen LogP contribution is 2.12. The molecule has 1 aromatic carbocycles. The van der Waals surface area contributed by atoms with Crippen LogP contribution in [-0.2, 0) is 6.42 Å². The van der Waals surface area contributed by atoms with Crippen LogP contribution in [0.25, 0.3) is 0 Å². The summed E-state index contributed by atoms with van der Waals surface area (Å²) in [7, 11) is 0. The molecule has 0 atom stereocenters. The zero-order valence-corrected chi connectivity index (χ0v) is 9.26. The van der Waals surface area contributed by atoms with Crippen LogP contribution in [0.3, 0.4) is 0 Å². The van der Waals surface area contributed by atoms with E-state index in [1.165, 1.54) is 42.5 Å². The molecule has 70 valence electrons. The minimum atomic E-state index is 1.17. The first-order chi connectivity index (χ1) is 6.34. The topological polar surface area (TPSA) is 3.24 Å². The number of benzene rings is 1. The van der Waals surface area contributed by atoms with Crippen molar-refractivity contribution in [2.45, 2.75) is 12.8 Å². The molecule has 2 heteroatoms. The summed E-state index contributed by atoms with van der Waals surface area (Å²) in [5, 5.41) is 0. The molecule has 1 saturated heterocycles. The predicted octanol–water partition coefficient (Wildman–Crippen LogP) is 2.70. The summed E-state index contributed by atoms with van der Waals surface area (Å²) >= 11 is 3.44. The summed E-state index contributed by atoms with van der Waals surface area (Å²) in [6, 6.07) is 8.63. The summed E-state index contributed by atoms with van der Waals surface area (Å²) in [6.45, 7) is 3.83. The van der Waals surface area contributed by atoms with Crippen LogP contribution < -0.4 is 0 Å². The number of halogens is 1. The van der Waals surface area contributed by atoms with Crippen molar-refractivity contribution >= 4 is 15.9 Å². The summed E-state index contributed by atoms with van der Waals surface area (Å²) in [4.78, 5) is 2.50. The van der Waals surface area contributed by atoms with Crippen molar-refractivity contribution in [3.05, 3.63) is 34.3 Å². The van der Waals surface area contributed by atoms with E-state index in [9.17, 15) is 0 Å². The normalized spacial score (nSPS) is 17.0. The highest BCUT2D eigenvalue weighted by atomic mass is 79.9. The van der Waals surface area contributed by atoms with Crippen molar-refractivity contribution in [1.82, 2.24) is 4.90 Å². The Hall–Kier alpha value is -0.340. The second kappa shape index (κ2) is 4.25. The number of hydrogen-bond acceptors (Lipinski definition) is 1. The Morgan fingerprint density at radius 1 is 1.15 bits per heavy atom. The van der Waals surface area contributed by atoms with Crippen molar-refractivity contribution in [1.29, 1.82) is 0 Å². The fourth-order valence-corrected chi connectivity index (χ4v) is 1.81. The van der Waals surface area contributed by atoms with Gasteiger partial charge in [-0.15, -0.1) is 0 Å². The van der Waals surface area contributed by atoms with Crippen LogP contribution in [0.2, 0.25) is 0 Å². The minimum Gasteiger partial charge on any atom is -0.303 e. The molecule has 0 aromatic heterocycles. The van der Waals surface area contributed by atoms with Crippen molar-refractivity contribution in [2.24, 2.45) is 0 Å². The van der Waals surface area contributed by atoms with E-state index in [1.54, 1.807) is 0 Å². The van der Waals surface area contributed by atoms with Gasteiger partial charge in [-0.25, -0.2) is 0 Å². The van der Waals surface area contributed by atoms with Crippen molar-refractivity contribution in [2.75, 3.05) is 19.6 Å². The Balaban J connectivity index is 1.83. The highest BCUT2D eigenvalue weighted by molar-refractivity contribution is 9.10. The molecule has 1 fully saturated rings. The van der Waals surface area contributed by atoms with E-state index < -0.39 is 0 Å². The Morgan fingerprint density at radius 2 is 1.85 bits per heavy atom. The van der Waals surface area contributed by atoms with Crippen LogP contribution in [0.15, 0.2) is 28.7 Å². The van der Waals surface area contributed by atoms with Crippen molar-refractivity contribution in [3.8, 4) is 0 Å². The Kier molecular flexibility index (Phi) is 3.01. The Morgan fingerprint density at radius 3 is 2.38 bits per heavy atom. The molecule has 0 N–H and O–H groups in total. The third-order valence-electron chi connectivity index (χ3n) is 2.58. The molecule has 0 radical (unpaired) electrons. The van der Waals surface area contributed by atoms with E-state index in [4.69, 9.17) is 0 Å². The van der Waals surface area contributed by atoms with E-state index in [0.29, 0.717) is 0 Å². The van der Waals surface area contributed by atoms with Gasteiger partial charge in [0.15, 0.2) is 0 Å². The third-order valence-corrected chi connectivity index (χ3v) is 3.11. The lowest BCUT2D eigenvalue weighted by Gasteiger charge is -2.30. The third kappa shape index (κ3) is 2.55. The number of rotatable bonds is 3. The molecule has 1 aliphatic rings. The fraction of sp³-hybridized carbons (Fsp3) is 0.455. The van der Waals surface area contributed by atoms with Gasteiger partial charge < -0.3 is 4.90 Å². The summed E-state index contributed by atoms with van der Waals surface area (Å²) in [5.74, 6) is 0. The molecule has 0 bridgehead atoms. The fourth-order valence-electron chi connectivity index (χ4n) is 1.54. The number of hydrogen-bond donors (Lipinski definition) is 0. The first-order valence-electron chi connectivity index (χ1n) is 4.81. The average molecular weight is 240 g/mol. The quantitative estimate of drug-likeness (QED) is 0.785. The van der Waals surface area contributed by atoms with E-state index in [-0.39, 0.29) is 0 Å². The molecular weight excluding hydrogens is 226 g/mol. The molecule has 0 amide bonds. The molecule has 13 heavy (non-hydrogen) atoms. The molecule has 0 spiro atoms. The van der Waals surface area contributed by atoms with Crippen molar-refractivity contribution in [3.63, 3.8) is 0 Å². The Labute approximate surface area is 87.9 Å². The summed E-state index contributed by atoms with van der Waals surface area (Å²) < 4.78 is 1.17. The van der Waals surface area contributed by atoms with Crippen molar-refractivity contribution < 1.29 is 0 Å². The molecular formula is C11H14BrN. The lowest BCUT2D eigenvalue weighted by atomic mass is 10.1. The first kappa shape index (κ1) is 9.22. The van der Waals surface area contributed by atoms with Gasteiger partial charge in [-0.2, -0.15) is 0 Å². The van der Waals surface area contributed by atoms with Gasteiger partial charge in [-0.1, -0.05) is 28.1 Å². The van der Waals surface area contributed by atoms with Crippen LogP contribution in [0.1, 0.15) is 12.0 Å². The van der Waals surface area contributed by atoms with Gasteiger partial charge in [0.1, 0.15) is 0 Å². The largest absolute Gasteiger partial charge is 0.303 e. The molecule has 0 aliphatic carbocycles. The molecule has 1 aliphatic heterocycles. The monoisotopic (exact) mass is 239 g/mol. The maximum absolute atomic E-state index is 3.44. The zero-order chi connectivity index (χ0) is 9.10. The molecule has 0 saturated carbocycles. The Bertz CT molecular complexity index is 264. The van der Waals surface area contributed by atoms with Gasteiger partial charge in [0.25, 0.3) is 0 Å². The summed E-state index contributed by atoms with van der Waals surface area (Å²) in [6.07, 6.45) is 2.58. The smallest absolute Gasteiger partial charge is 0.0175 e. The van der Waals surface area contributed by atoms with Gasteiger partial charge in [0, 0.05) is 11.0 Å². The lowest BCUT2D eigenvalue weighted by molar-refractivity contribution is 0.184. The maximum Gasteiger partial charge on any atom is 0.0175 e. The SMILES string of the molecule is Brc1ccc(CCN2CCC2)cc1. The van der Waals surface area contributed by atoms with Gasteiger partial charge in [-0.3, -0.25) is 0 Å². The van der Waals surface area contributed by atoms with E-state index in [0.717, 1.165) is 0 Å². The molecule has 1 aromatic rings. The zero-order valence-electron chi connectivity index (χ0n) is 7.67. The highest BCUT2D eigenvalue weighted by Gasteiger charge is 2.12. The van der Waals surface area contributed by atoms with Gasteiger partial charge in [0.2, 0.25) is 0 Å². The van der Waals surface area contributed by atoms with Crippen LogP contribution in [0, 0.1) is 0 Å². The number of likely N-dealkylation sites (tertiary alicyclic amines) is 1. The van der Waals surface area contributed by atoms with E-state index in [1.807, 2.05) is 0 Å². The van der Waals surface area contributed by atoms with E-state index in [2.05, 4.69) is 45.1 Å². The van der Waals surface area contributed by atoms with Crippen LogP contribution >= 0.6 is 15.9 Å². The van der Waals surface area contributed by atoms with Crippen LogP contribution in [0.4, 0.5) is 0 Å². The second-order valence-electron chi connectivity index (χ2n) is 3.57. The lowest BCUT2D eigenvalue weighted by Crippen LogP contribution is -2.38. The summed E-state index contributed by atoms with van der Waals surface area (Å²) in [5.41, 5.74) is 1.44. The predicted molar refractivity (Wildman–Crippen MR) is 58.9 cm³/mol. The van der Waals surface area contributed by atoms with Gasteiger partial charge in [-0.05, 0) is 43.6 Å².